The molecule has 0 saturated carbocycles. The molecule has 1 aliphatic heterocycles. The molecule has 0 spiro atoms. The average Bonchev–Trinajstić information content (AvgIpc) is 2.87. The molecule has 2 rings (SSSR count). The smallest absolute Gasteiger partial charge is 0.240 e. The molecule has 5 nitrogen and oxygen atoms in total. The van der Waals surface area contributed by atoms with Crippen molar-refractivity contribution in [2.45, 2.75) is 46.1 Å². The highest BCUT2D eigenvalue weighted by molar-refractivity contribution is 4.86. The molecule has 0 aromatic carbocycles. The standard InChI is InChI=1S/C14H26N4O/c1-3-5-13-16-14(19-17-13)11-18(4-2)10-12-6-8-15-9-7-12/h12,15H,3-11H2,1-2H3. The van der Waals surface area contributed by atoms with E-state index in [0.29, 0.717) is 0 Å². The SMILES string of the molecule is CCCc1noc(CN(CC)CC2CCNCC2)n1. The zero-order chi connectivity index (χ0) is 13.5. The van der Waals surface area contributed by atoms with E-state index in [1.54, 1.807) is 0 Å². The first-order chi connectivity index (χ1) is 9.31. The lowest BCUT2D eigenvalue weighted by Crippen LogP contribution is -2.36. The maximum atomic E-state index is 5.32. The van der Waals surface area contributed by atoms with Gasteiger partial charge in [0.2, 0.25) is 5.89 Å². The molecule has 0 amide bonds. The van der Waals surface area contributed by atoms with Crippen LogP contribution in [0, 0.1) is 5.92 Å². The van der Waals surface area contributed by atoms with E-state index in [2.05, 4.69) is 34.2 Å². The maximum absolute atomic E-state index is 5.32. The number of aromatic nitrogens is 2. The van der Waals surface area contributed by atoms with E-state index >= 15 is 0 Å². The quantitative estimate of drug-likeness (QED) is 0.816. The van der Waals surface area contributed by atoms with Crippen molar-refractivity contribution >= 4 is 0 Å². The average molecular weight is 266 g/mol. The van der Waals surface area contributed by atoms with Crippen molar-refractivity contribution in [3.63, 3.8) is 0 Å². The van der Waals surface area contributed by atoms with Crippen LogP contribution >= 0.6 is 0 Å². The molecule has 0 atom stereocenters. The number of hydrogen-bond acceptors (Lipinski definition) is 5. The molecule has 5 heteroatoms. The minimum Gasteiger partial charge on any atom is -0.338 e. The fourth-order valence-corrected chi connectivity index (χ4v) is 2.61. The summed E-state index contributed by atoms with van der Waals surface area (Å²) in [6, 6.07) is 0. The Labute approximate surface area is 115 Å². The number of nitrogens with zero attached hydrogens (tertiary/aromatic N) is 3. The van der Waals surface area contributed by atoms with Crippen molar-refractivity contribution in [2.24, 2.45) is 5.92 Å². The van der Waals surface area contributed by atoms with Gasteiger partial charge in [0, 0.05) is 13.0 Å². The fraction of sp³-hybridized carbons (Fsp3) is 0.857. The van der Waals surface area contributed by atoms with Crippen molar-refractivity contribution in [1.29, 1.82) is 0 Å². The highest BCUT2D eigenvalue weighted by Crippen LogP contribution is 2.15. The summed E-state index contributed by atoms with van der Waals surface area (Å²) in [4.78, 5) is 6.86. The molecule has 1 aromatic rings. The van der Waals surface area contributed by atoms with Crippen LogP contribution < -0.4 is 5.32 Å². The summed E-state index contributed by atoms with van der Waals surface area (Å²) >= 11 is 0. The third-order valence-corrected chi connectivity index (χ3v) is 3.76. The highest BCUT2D eigenvalue weighted by Gasteiger charge is 2.18. The minimum atomic E-state index is 0.763. The van der Waals surface area contributed by atoms with Gasteiger partial charge in [0.05, 0.1) is 6.54 Å². The van der Waals surface area contributed by atoms with Gasteiger partial charge in [-0.25, -0.2) is 0 Å². The molecule has 1 N–H and O–H groups in total. The topological polar surface area (TPSA) is 54.2 Å². The van der Waals surface area contributed by atoms with Crippen LogP contribution in [-0.2, 0) is 13.0 Å². The van der Waals surface area contributed by atoms with E-state index in [-0.39, 0.29) is 0 Å². The Bertz CT molecular complexity index is 360. The molecule has 0 aliphatic carbocycles. The zero-order valence-corrected chi connectivity index (χ0v) is 12.2. The lowest BCUT2D eigenvalue weighted by molar-refractivity contribution is 0.185. The van der Waals surface area contributed by atoms with Gasteiger partial charge >= 0.3 is 0 Å². The minimum absolute atomic E-state index is 0.763. The summed E-state index contributed by atoms with van der Waals surface area (Å²) in [5, 5.41) is 7.43. The van der Waals surface area contributed by atoms with Crippen LogP contribution in [0.15, 0.2) is 4.52 Å². The molecule has 1 aliphatic rings. The first-order valence-electron chi connectivity index (χ1n) is 7.56. The second-order valence-electron chi connectivity index (χ2n) is 5.38. The summed E-state index contributed by atoms with van der Waals surface area (Å²) in [7, 11) is 0. The lowest BCUT2D eigenvalue weighted by Gasteiger charge is -2.28. The highest BCUT2D eigenvalue weighted by atomic mass is 16.5. The fourth-order valence-electron chi connectivity index (χ4n) is 2.61. The number of hydrogen-bond donors (Lipinski definition) is 1. The van der Waals surface area contributed by atoms with Crippen molar-refractivity contribution in [1.82, 2.24) is 20.4 Å². The Morgan fingerprint density at radius 2 is 2.11 bits per heavy atom. The van der Waals surface area contributed by atoms with Gasteiger partial charge < -0.3 is 9.84 Å². The molecular weight excluding hydrogens is 240 g/mol. The van der Waals surface area contributed by atoms with Crippen LogP contribution in [0.2, 0.25) is 0 Å². The number of rotatable bonds is 7. The second kappa shape index (κ2) is 7.60. The van der Waals surface area contributed by atoms with E-state index in [1.165, 1.54) is 12.8 Å². The van der Waals surface area contributed by atoms with Gasteiger partial charge in [0.1, 0.15) is 0 Å². The van der Waals surface area contributed by atoms with Gasteiger partial charge in [-0.1, -0.05) is 19.0 Å². The lowest BCUT2D eigenvalue weighted by atomic mass is 9.97. The molecule has 2 heterocycles. The largest absolute Gasteiger partial charge is 0.338 e. The monoisotopic (exact) mass is 266 g/mol. The van der Waals surface area contributed by atoms with Gasteiger partial charge in [0.15, 0.2) is 5.82 Å². The summed E-state index contributed by atoms with van der Waals surface area (Å²) in [6.45, 7) is 9.61. The molecule has 19 heavy (non-hydrogen) atoms. The Morgan fingerprint density at radius 1 is 1.32 bits per heavy atom. The van der Waals surface area contributed by atoms with Crippen LogP contribution in [0.25, 0.3) is 0 Å². The van der Waals surface area contributed by atoms with Crippen molar-refractivity contribution in [2.75, 3.05) is 26.2 Å². The van der Waals surface area contributed by atoms with Crippen LogP contribution in [0.3, 0.4) is 0 Å². The van der Waals surface area contributed by atoms with E-state index in [4.69, 9.17) is 4.52 Å². The maximum Gasteiger partial charge on any atom is 0.240 e. The molecule has 108 valence electrons. The van der Waals surface area contributed by atoms with E-state index in [1.807, 2.05) is 0 Å². The van der Waals surface area contributed by atoms with E-state index < -0.39 is 0 Å². The van der Waals surface area contributed by atoms with Crippen LogP contribution in [0.1, 0.15) is 44.8 Å². The van der Waals surface area contributed by atoms with E-state index in [0.717, 1.165) is 63.2 Å². The van der Waals surface area contributed by atoms with Gasteiger partial charge in [-0.15, -0.1) is 0 Å². The van der Waals surface area contributed by atoms with Crippen LogP contribution in [0.5, 0.6) is 0 Å². The number of piperidine rings is 1. The summed E-state index contributed by atoms with van der Waals surface area (Å²) in [5.74, 6) is 2.41. The van der Waals surface area contributed by atoms with Gasteiger partial charge in [-0.05, 0) is 44.8 Å². The van der Waals surface area contributed by atoms with E-state index in [9.17, 15) is 0 Å². The molecular formula is C14H26N4O. The molecule has 0 unspecified atom stereocenters. The number of nitrogens with one attached hydrogen (secondary N) is 1. The van der Waals surface area contributed by atoms with Crippen molar-refractivity contribution in [3.8, 4) is 0 Å². The third kappa shape index (κ3) is 4.58. The molecule has 1 saturated heterocycles. The van der Waals surface area contributed by atoms with Gasteiger partial charge in [-0.3, -0.25) is 4.90 Å². The van der Waals surface area contributed by atoms with Crippen LogP contribution in [-0.4, -0.2) is 41.2 Å². The third-order valence-electron chi connectivity index (χ3n) is 3.76. The second-order valence-corrected chi connectivity index (χ2v) is 5.38. The Kier molecular flexibility index (Phi) is 5.79. The van der Waals surface area contributed by atoms with Crippen molar-refractivity contribution in [3.05, 3.63) is 11.7 Å². The molecule has 0 bridgehead atoms. The van der Waals surface area contributed by atoms with Crippen LogP contribution in [0.4, 0.5) is 0 Å². The Hall–Kier alpha value is -0.940. The van der Waals surface area contributed by atoms with Gasteiger partial charge in [-0.2, -0.15) is 4.98 Å². The Morgan fingerprint density at radius 3 is 2.79 bits per heavy atom. The van der Waals surface area contributed by atoms with Crippen molar-refractivity contribution < 1.29 is 4.52 Å². The van der Waals surface area contributed by atoms with Gasteiger partial charge in [0.25, 0.3) is 0 Å². The Balaban J connectivity index is 1.83. The zero-order valence-electron chi connectivity index (χ0n) is 12.2. The normalized spacial score (nSPS) is 17.2. The summed E-state index contributed by atoms with van der Waals surface area (Å²) in [5.41, 5.74) is 0. The predicted octanol–water partition coefficient (Wildman–Crippen LogP) is 1.84. The summed E-state index contributed by atoms with van der Waals surface area (Å²) in [6.07, 6.45) is 4.53. The molecule has 1 fully saturated rings. The molecule has 1 aromatic heterocycles. The molecule has 0 radical (unpaired) electrons. The first-order valence-corrected chi connectivity index (χ1v) is 7.56. The first kappa shape index (κ1) is 14.5. The number of aryl methyl sites for hydroxylation is 1. The predicted molar refractivity (Wildman–Crippen MR) is 74.8 cm³/mol. The summed E-state index contributed by atoms with van der Waals surface area (Å²) < 4.78 is 5.32.